The Hall–Kier alpha value is -1.18. The lowest BCUT2D eigenvalue weighted by molar-refractivity contribution is 0.472. The van der Waals surface area contributed by atoms with Crippen molar-refractivity contribution in [2.75, 3.05) is 12.0 Å². The fourth-order valence-electron chi connectivity index (χ4n) is 2.20. The fraction of sp³-hybridized carbons (Fsp3) is 0.286. The number of nitrogens with one attached hydrogen (secondary N) is 1. The predicted octanol–water partition coefficient (Wildman–Crippen LogP) is 4.72. The van der Waals surface area contributed by atoms with Crippen molar-refractivity contribution >= 4 is 50.2 Å². The molecule has 3 aromatic heterocycles. The van der Waals surface area contributed by atoms with E-state index in [4.69, 9.17) is 11.6 Å². The number of fused-ring (bicyclic) bond motifs is 1. The van der Waals surface area contributed by atoms with Crippen molar-refractivity contribution in [3.63, 3.8) is 0 Å². The van der Waals surface area contributed by atoms with Gasteiger partial charge in [0.1, 0.15) is 10.1 Å². The number of hydrogen-bond acceptors (Lipinski definition) is 4. The van der Waals surface area contributed by atoms with Crippen molar-refractivity contribution in [3.05, 3.63) is 43.9 Å². The lowest BCUT2D eigenvalue weighted by Gasteiger charge is -2.06. The second kappa shape index (κ2) is 6.93. The van der Waals surface area contributed by atoms with Gasteiger partial charge in [0.05, 0.1) is 13.2 Å². The van der Waals surface area contributed by atoms with Gasteiger partial charge in [-0.1, -0.05) is 6.07 Å². The lowest BCUT2D eigenvalue weighted by atomic mass is 10.2. The first kappa shape index (κ1) is 15.7. The molecule has 0 amide bonds. The van der Waals surface area contributed by atoms with Crippen LogP contribution in [-0.4, -0.2) is 21.3 Å². The average molecular weight is 404 g/mol. The number of alkyl halides is 1. The minimum atomic E-state index is -0.339. The van der Waals surface area contributed by atoms with Gasteiger partial charge < -0.3 is 5.32 Å². The minimum Gasteiger partial charge on any atom is -0.363 e. The highest BCUT2D eigenvalue weighted by Gasteiger charge is 2.14. The van der Waals surface area contributed by atoms with Crippen molar-refractivity contribution in [2.24, 2.45) is 0 Å². The molecule has 8 heteroatoms. The van der Waals surface area contributed by atoms with Crippen molar-refractivity contribution in [1.82, 2.24) is 14.6 Å². The van der Waals surface area contributed by atoms with E-state index in [9.17, 15) is 4.39 Å². The summed E-state index contributed by atoms with van der Waals surface area (Å²) in [6, 6.07) is 6.03. The van der Waals surface area contributed by atoms with Gasteiger partial charge in [0.25, 0.3) is 0 Å². The number of aryl methyl sites for hydroxylation is 1. The van der Waals surface area contributed by atoms with Gasteiger partial charge >= 0.3 is 0 Å². The molecule has 0 unspecified atom stereocenters. The first-order valence-corrected chi connectivity index (χ1v) is 8.80. The second-order valence-electron chi connectivity index (χ2n) is 4.71. The predicted molar refractivity (Wildman–Crippen MR) is 91.6 cm³/mol. The van der Waals surface area contributed by atoms with E-state index in [0.29, 0.717) is 25.2 Å². The maximum atomic E-state index is 12.4. The van der Waals surface area contributed by atoms with Crippen LogP contribution in [0, 0.1) is 0 Å². The van der Waals surface area contributed by atoms with Crippen LogP contribution in [0.25, 0.3) is 5.52 Å². The highest BCUT2D eigenvalue weighted by Crippen LogP contribution is 2.28. The molecule has 0 aromatic carbocycles. The van der Waals surface area contributed by atoms with Crippen LogP contribution in [0.4, 0.5) is 10.2 Å². The molecule has 3 heterocycles. The van der Waals surface area contributed by atoms with Gasteiger partial charge in [-0.15, -0.1) is 16.4 Å². The molecule has 116 valence electrons. The number of aromatic nitrogens is 3. The molecular weight excluding hydrogens is 391 g/mol. The zero-order valence-electron chi connectivity index (χ0n) is 11.5. The number of thiophene rings is 1. The van der Waals surface area contributed by atoms with Crippen molar-refractivity contribution in [2.45, 2.75) is 19.4 Å². The Morgan fingerprint density at radius 2 is 2.32 bits per heavy atom. The van der Waals surface area contributed by atoms with Crippen molar-refractivity contribution < 1.29 is 4.39 Å². The molecule has 3 rings (SSSR count). The summed E-state index contributed by atoms with van der Waals surface area (Å²) in [5.74, 6) is 0.667. The lowest BCUT2D eigenvalue weighted by Crippen LogP contribution is -2.05. The zero-order chi connectivity index (χ0) is 15.5. The highest BCUT2D eigenvalue weighted by molar-refractivity contribution is 9.10. The van der Waals surface area contributed by atoms with Gasteiger partial charge in [-0.2, -0.15) is 4.98 Å². The van der Waals surface area contributed by atoms with Gasteiger partial charge in [0.2, 0.25) is 5.28 Å². The van der Waals surface area contributed by atoms with Crippen LogP contribution in [0.3, 0.4) is 0 Å². The number of halogens is 3. The van der Waals surface area contributed by atoms with Crippen LogP contribution in [0.1, 0.15) is 16.9 Å². The molecule has 0 radical (unpaired) electrons. The molecule has 0 saturated carbocycles. The van der Waals surface area contributed by atoms with Crippen LogP contribution in [0.5, 0.6) is 0 Å². The van der Waals surface area contributed by atoms with Crippen LogP contribution in [0.15, 0.2) is 28.2 Å². The summed E-state index contributed by atoms with van der Waals surface area (Å²) in [6.07, 6.45) is 1.12. The number of nitrogens with zero attached hydrogens (tertiary/aromatic N) is 3. The number of rotatable bonds is 6. The Labute approximate surface area is 144 Å². The molecule has 0 spiro atoms. The second-order valence-corrected chi connectivity index (χ2v) is 6.83. The zero-order valence-corrected chi connectivity index (χ0v) is 14.7. The first-order chi connectivity index (χ1) is 10.7. The molecule has 0 bridgehead atoms. The van der Waals surface area contributed by atoms with E-state index in [1.54, 1.807) is 15.9 Å². The van der Waals surface area contributed by atoms with E-state index in [2.05, 4.69) is 37.4 Å². The molecule has 0 aliphatic carbocycles. The molecule has 0 saturated heterocycles. The van der Waals surface area contributed by atoms with Gasteiger partial charge in [-0.25, -0.2) is 4.52 Å². The molecule has 4 nitrogen and oxygen atoms in total. The monoisotopic (exact) mass is 402 g/mol. The Morgan fingerprint density at radius 1 is 1.45 bits per heavy atom. The van der Waals surface area contributed by atoms with Crippen molar-refractivity contribution in [1.29, 1.82) is 0 Å². The van der Waals surface area contributed by atoms with E-state index >= 15 is 0 Å². The highest BCUT2D eigenvalue weighted by atomic mass is 79.9. The molecule has 22 heavy (non-hydrogen) atoms. The maximum Gasteiger partial charge on any atom is 0.243 e. The van der Waals surface area contributed by atoms with Gasteiger partial charge in [-0.3, -0.25) is 4.39 Å². The van der Waals surface area contributed by atoms with E-state index < -0.39 is 0 Å². The van der Waals surface area contributed by atoms with Gasteiger partial charge in [0, 0.05) is 4.88 Å². The topological polar surface area (TPSA) is 42.2 Å². The smallest absolute Gasteiger partial charge is 0.243 e. The van der Waals surface area contributed by atoms with Gasteiger partial charge in [0.15, 0.2) is 5.82 Å². The Bertz CT molecular complexity index is 775. The molecule has 0 aliphatic heterocycles. The summed E-state index contributed by atoms with van der Waals surface area (Å²) >= 11 is 11.2. The van der Waals surface area contributed by atoms with E-state index in [1.165, 1.54) is 4.88 Å². The summed E-state index contributed by atoms with van der Waals surface area (Å²) in [4.78, 5) is 5.47. The van der Waals surface area contributed by atoms with Gasteiger partial charge in [-0.05, 0) is 63.4 Å². The summed E-state index contributed by atoms with van der Waals surface area (Å²) in [6.45, 7) is 0.331. The molecule has 3 aromatic rings. The standard InChI is InChI=1S/C14H13BrClFN4S/c15-12-9(3-1-5-17)7-11-13(19-14(16)20-21(11)12)18-8-10-4-2-6-22-10/h2,4,6-7H,1,3,5,8H2,(H,18,19,20). The van der Waals surface area contributed by atoms with Crippen LogP contribution in [0.2, 0.25) is 5.28 Å². The van der Waals surface area contributed by atoms with Crippen LogP contribution < -0.4 is 5.32 Å². The third kappa shape index (κ3) is 3.26. The third-order valence-electron chi connectivity index (χ3n) is 3.21. The quantitative estimate of drug-likeness (QED) is 0.647. The summed E-state index contributed by atoms with van der Waals surface area (Å²) in [7, 11) is 0. The van der Waals surface area contributed by atoms with E-state index in [1.807, 2.05) is 17.5 Å². The molecule has 0 atom stereocenters. The minimum absolute atomic E-state index is 0.162. The maximum absolute atomic E-state index is 12.4. The fourth-order valence-corrected chi connectivity index (χ4v) is 3.58. The first-order valence-electron chi connectivity index (χ1n) is 6.75. The van der Waals surface area contributed by atoms with Crippen molar-refractivity contribution in [3.8, 4) is 0 Å². The summed E-state index contributed by atoms with van der Waals surface area (Å²) in [5, 5.41) is 9.68. The SMILES string of the molecule is FCCCc1cc2c(NCc3cccs3)nc(Cl)nn2c1Br. The molecular formula is C14H13BrClFN4S. The normalized spacial score (nSPS) is 11.2. The average Bonchev–Trinajstić information content (AvgIpc) is 3.12. The van der Waals surface area contributed by atoms with Crippen LogP contribution in [-0.2, 0) is 13.0 Å². The summed E-state index contributed by atoms with van der Waals surface area (Å²) < 4.78 is 14.9. The van der Waals surface area contributed by atoms with E-state index in [-0.39, 0.29) is 12.0 Å². The molecule has 0 aliphatic rings. The Balaban J connectivity index is 1.94. The molecule has 0 fully saturated rings. The molecule has 1 N–H and O–H groups in total. The Kier molecular flexibility index (Phi) is 4.95. The van der Waals surface area contributed by atoms with E-state index in [0.717, 1.165) is 15.7 Å². The largest absolute Gasteiger partial charge is 0.363 e. The van der Waals surface area contributed by atoms with Crippen LogP contribution >= 0.6 is 38.9 Å². The summed E-state index contributed by atoms with van der Waals surface area (Å²) in [5.41, 5.74) is 1.81. The number of anilines is 1. The number of hydrogen-bond donors (Lipinski definition) is 1. The Morgan fingerprint density at radius 3 is 3.05 bits per heavy atom. The third-order valence-corrected chi connectivity index (χ3v) is 5.09.